The predicted molar refractivity (Wildman–Crippen MR) is 69.1 cm³/mol. The van der Waals surface area contributed by atoms with Gasteiger partial charge in [-0.25, -0.2) is 0 Å². The van der Waals surface area contributed by atoms with Crippen LogP contribution in [-0.4, -0.2) is 60.0 Å². The summed E-state index contributed by atoms with van der Waals surface area (Å²) in [6, 6.07) is 1.35. The molecule has 1 aromatic rings. The Morgan fingerprint density at radius 2 is 1.95 bits per heavy atom. The highest BCUT2D eigenvalue weighted by molar-refractivity contribution is 9.10. The van der Waals surface area contributed by atoms with Crippen LogP contribution >= 0.6 is 15.9 Å². The lowest BCUT2D eigenvalue weighted by Crippen LogP contribution is -2.44. The number of hydrogen-bond donors (Lipinski definition) is 1. The summed E-state index contributed by atoms with van der Waals surface area (Å²) in [6.07, 6.45) is -3.15. The summed E-state index contributed by atoms with van der Waals surface area (Å²) in [5, 5.41) is 0. The molecule has 0 aliphatic rings. The lowest BCUT2D eigenvalue weighted by atomic mass is 10.3. The molecule has 0 aromatic carbocycles. The number of rotatable bonds is 4. The molecule has 0 spiro atoms. The van der Waals surface area contributed by atoms with Gasteiger partial charge in [0.05, 0.1) is 0 Å². The van der Waals surface area contributed by atoms with Crippen molar-refractivity contribution in [3.8, 4) is 0 Å². The van der Waals surface area contributed by atoms with Crippen LogP contribution in [0.25, 0.3) is 0 Å². The Kier molecular flexibility index (Phi) is 5.21. The number of aromatic amines is 1. The van der Waals surface area contributed by atoms with Crippen LogP contribution in [0, 0.1) is 0 Å². The van der Waals surface area contributed by atoms with E-state index in [1.54, 1.807) is 0 Å². The third kappa shape index (κ3) is 4.87. The van der Waals surface area contributed by atoms with Gasteiger partial charge in [-0.3, -0.25) is 9.59 Å². The molecule has 1 heterocycles. The molecule has 0 saturated carbocycles. The number of nitrogens with one attached hydrogen (secondary N) is 1. The van der Waals surface area contributed by atoms with Crippen molar-refractivity contribution >= 4 is 27.7 Å². The number of alkyl halides is 3. The second-order valence-corrected chi connectivity index (χ2v) is 5.21. The largest absolute Gasteiger partial charge is 0.406 e. The average Bonchev–Trinajstić information content (AvgIpc) is 2.72. The van der Waals surface area contributed by atoms with E-state index in [9.17, 15) is 22.8 Å². The van der Waals surface area contributed by atoms with Gasteiger partial charge in [-0.15, -0.1) is 0 Å². The third-order valence-electron chi connectivity index (χ3n) is 2.36. The first-order valence-corrected chi connectivity index (χ1v) is 6.29. The molecular weight excluding hydrogens is 343 g/mol. The van der Waals surface area contributed by atoms with Gasteiger partial charge in [0.25, 0.3) is 5.91 Å². The Labute approximate surface area is 121 Å². The average molecular weight is 356 g/mol. The normalized spacial score (nSPS) is 11.3. The van der Waals surface area contributed by atoms with Gasteiger partial charge in [-0.05, 0) is 22.0 Å². The molecular formula is C11H13BrF3N3O2. The molecule has 20 heavy (non-hydrogen) atoms. The van der Waals surface area contributed by atoms with Crippen molar-refractivity contribution in [3.63, 3.8) is 0 Å². The van der Waals surface area contributed by atoms with E-state index in [4.69, 9.17) is 0 Å². The van der Waals surface area contributed by atoms with Gasteiger partial charge in [0.2, 0.25) is 5.91 Å². The van der Waals surface area contributed by atoms with E-state index in [0.717, 1.165) is 4.90 Å². The van der Waals surface area contributed by atoms with E-state index >= 15 is 0 Å². The Morgan fingerprint density at radius 3 is 2.35 bits per heavy atom. The predicted octanol–water partition coefficient (Wildman–Crippen LogP) is 1.87. The number of aromatic nitrogens is 1. The molecule has 0 aliphatic carbocycles. The van der Waals surface area contributed by atoms with Crippen LogP contribution in [0.1, 0.15) is 10.5 Å². The number of carbonyl (C=O) groups excluding carboxylic acids is 2. The second-order valence-electron chi connectivity index (χ2n) is 4.30. The highest BCUT2D eigenvalue weighted by Gasteiger charge is 2.34. The van der Waals surface area contributed by atoms with Gasteiger partial charge in [0.15, 0.2) is 0 Å². The smallest absolute Gasteiger partial charge is 0.356 e. The van der Waals surface area contributed by atoms with Crippen molar-refractivity contribution in [3.05, 3.63) is 22.4 Å². The molecule has 2 amide bonds. The van der Waals surface area contributed by atoms with Gasteiger partial charge in [0.1, 0.15) is 18.8 Å². The molecule has 1 rings (SSSR count). The highest BCUT2D eigenvalue weighted by atomic mass is 79.9. The van der Waals surface area contributed by atoms with Crippen LogP contribution in [0.15, 0.2) is 16.7 Å². The first-order chi connectivity index (χ1) is 9.10. The van der Waals surface area contributed by atoms with Crippen molar-refractivity contribution in [2.24, 2.45) is 0 Å². The van der Waals surface area contributed by atoms with Gasteiger partial charge >= 0.3 is 6.18 Å². The summed E-state index contributed by atoms with van der Waals surface area (Å²) in [5.74, 6) is -1.48. The number of hydrogen-bond acceptors (Lipinski definition) is 2. The fourth-order valence-corrected chi connectivity index (χ4v) is 1.73. The molecule has 0 fully saturated rings. The lowest BCUT2D eigenvalue weighted by molar-refractivity contribution is -0.146. The molecule has 1 N–H and O–H groups in total. The zero-order chi connectivity index (χ0) is 15.5. The van der Waals surface area contributed by atoms with Crippen molar-refractivity contribution in [2.75, 3.05) is 27.2 Å². The second kappa shape index (κ2) is 6.29. The Morgan fingerprint density at radius 1 is 1.35 bits per heavy atom. The van der Waals surface area contributed by atoms with Gasteiger partial charge in [0, 0.05) is 24.8 Å². The van der Waals surface area contributed by atoms with Gasteiger partial charge in [-0.1, -0.05) is 0 Å². The quantitative estimate of drug-likeness (QED) is 0.896. The molecule has 0 saturated heterocycles. The highest BCUT2D eigenvalue weighted by Crippen LogP contribution is 2.19. The van der Waals surface area contributed by atoms with Crippen LogP contribution in [0.5, 0.6) is 0 Å². The van der Waals surface area contributed by atoms with E-state index in [1.807, 2.05) is 0 Å². The van der Waals surface area contributed by atoms with Crippen LogP contribution in [0.4, 0.5) is 13.2 Å². The van der Waals surface area contributed by atoms with Crippen LogP contribution in [0.3, 0.4) is 0 Å². The summed E-state index contributed by atoms with van der Waals surface area (Å²) >= 11 is 3.09. The summed E-state index contributed by atoms with van der Waals surface area (Å²) in [7, 11) is 2.81. The number of nitrogens with zero attached hydrogens (tertiary/aromatic N) is 2. The molecule has 0 bridgehead atoms. The van der Waals surface area contributed by atoms with Crippen molar-refractivity contribution in [1.82, 2.24) is 14.8 Å². The van der Waals surface area contributed by atoms with Crippen molar-refractivity contribution < 1.29 is 22.8 Å². The van der Waals surface area contributed by atoms with E-state index in [-0.39, 0.29) is 5.69 Å². The minimum atomic E-state index is -4.58. The standard InChI is InChI=1S/C11H13BrF3N3O2/c1-17(2)9(19)5-18(6-11(13,14)15)10(20)8-3-7(12)4-16-8/h3-4,16H,5-6H2,1-2H3. The fraction of sp³-hybridized carbons (Fsp3) is 0.455. The van der Waals surface area contributed by atoms with E-state index < -0.39 is 31.1 Å². The maximum absolute atomic E-state index is 12.5. The molecule has 0 aliphatic heterocycles. The first-order valence-electron chi connectivity index (χ1n) is 5.50. The van der Waals surface area contributed by atoms with Crippen molar-refractivity contribution in [1.29, 1.82) is 0 Å². The van der Waals surface area contributed by atoms with E-state index in [0.29, 0.717) is 9.37 Å². The Balaban J connectivity index is 2.92. The van der Waals surface area contributed by atoms with Crippen LogP contribution in [-0.2, 0) is 4.79 Å². The van der Waals surface area contributed by atoms with Crippen LogP contribution < -0.4 is 0 Å². The summed E-state index contributed by atoms with van der Waals surface area (Å²) in [4.78, 5) is 27.7. The molecule has 9 heteroatoms. The monoisotopic (exact) mass is 355 g/mol. The third-order valence-corrected chi connectivity index (χ3v) is 2.82. The molecule has 112 valence electrons. The number of carbonyl (C=O) groups is 2. The fourth-order valence-electron chi connectivity index (χ4n) is 1.38. The topological polar surface area (TPSA) is 56.4 Å². The molecule has 0 unspecified atom stereocenters. The van der Waals surface area contributed by atoms with Crippen molar-refractivity contribution in [2.45, 2.75) is 6.18 Å². The molecule has 0 atom stereocenters. The van der Waals surface area contributed by atoms with E-state index in [2.05, 4.69) is 20.9 Å². The number of likely N-dealkylation sites (N-methyl/N-ethyl adjacent to an activating group) is 1. The molecule has 0 radical (unpaired) electrons. The minimum Gasteiger partial charge on any atom is -0.356 e. The van der Waals surface area contributed by atoms with Gasteiger partial charge < -0.3 is 14.8 Å². The number of H-pyrrole nitrogens is 1. The summed E-state index contributed by atoms with van der Waals surface area (Å²) < 4.78 is 38.0. The summed E-state index contributed by atoms with van der Waals surface area (Å²) in [5.41, 5.74) is -0.0207. The Hall–Kier alpha value is -1.51. The zero-order valence-electron chi connectivity index (χ0n) is 10.8. The van der Waals surface area contributed by atoms with Gasteiger partial charge in [-0.2, -0.15) is 13.2 Å². The molecule has 5 nitrogen and oxygen atoms in total. The summed E-state index contributed by atoms with van der Waals surface area (Å²) in [6.45, 7) is -2.12. The maximum atomic E-state index is 12.5. The maximum Gasteiger partial charge on any atom is 0.406 e. The van der Waals surface area contributed by atoms with E-state index in [1.165, 1.54) is 26.4 Å². The lowest BCUT2D eigenvalue weighted by Gasteiger charge is -2.24. The number of amides is 2. The Bertz CT molecular complexity index is 499. The SMILES string of the molecule is CN(C)C(=O)CN(CC(F)(F)F)C(=O)c1cc(Br)c[nH]1. The van der Waals surface area contributed by atoms with Crippen LogP contribution in [0.2, 0.25) is 0 Å². The number of halogens is 4. The molecule has 1 aromatic heterocycles. The minimum absolute atomic E-state index is 0.0207. The zero-order valence-corrected chi connectivity index (χ0v) is 12.4. The first kappa shape index (κ1) is 16.5.